The van der Waals surface area contributed by atoms with Crippen LogP contribution in [-0.2, 0) is 6.54 Å². The van der Waals surface area contributed by atoms with Gasteiger partial charge in [-0.1, -0.05) is 17.7 Å². The van der Waals surface area contributed by atoms with Gasteiger partial charge in [0, 0.05) is 30.2 Å². The Bertz CT molecular complexity index is 352. The molecule has 0 aliphatic carbocycles. The van der Waals surface area contributed by atoms with E-state index in [9.17, 15) is 4.39 Å². The molecule has 0 amide bonds. The molecular weight excluding hydrogens is 262 g/mol. The minimum atomic E-state index is -0.204. The van der Waals surface area contributed by atoms with Crippen molar-refractivity contribution in [3.05, 3.63) is 34.6 Å². The largest absolute Gasteiger partial charge is 0.315 e. The summed E-state index contributed by atoms with van der Waals surface area (Å²) in [6.07, 6.45) is 1.12. The second-order valence-electron chi connectivity index (χ2n) is 4.12. The minimum absolute atomic E-state index is 0. The highest BCUT2D eigenvalue weighted by atomic mass is 35.5. The van der Waals surface area contributed by atoms with Crippen molar-refractivity contribution >= 4 is 24.0 Å². The third-order valence-electron chi connectivity index (χ3n) is 2.84. The van der Waals surface area contributed by atoms with Crippen LogP contribution in [0.25, 0.3) is 0 Å². The van der Waals surface area contributed by atoms with Crippen molar-refractivity contribution in [3.63, 3.8) is 0 Å². The predicted octanol–water partition coefficient (Wildman–Crippen LogP) is 2.70. The first-order valence-electron chi connectivity index (χ1n) is 5.63. The minimum Gasteiger partial charge on any atom is -0.315 e. The molecule has 2 rings (SSSR count). The number of hydrogen-bond donors (Lipinski definition) is 1. The van der Waals surface area contributed by atoms with Gasteiger partial charge in [-0.25, -0.2) is 4.39 Å². The van der Waals surface area contributed by atoms with Gasteiger partial charge in [0.2, 0.25) is 0 Å². The standard InChI is InChI=1S/C12H16ClFN2.ClH/c13-11-3-2-10(12(14)8-11)9-16-6-1-4-15-5-7-16;/h2-3,8,15H,1,4-7,9H2;1H. The zero-order chi connectivity index (χ0) is 11.4. The van der Waals surface area contributed by atoms with Crippen molar-refractivity contribution < 1.29 is 4.39 Å². The van der Waals surface area contributed by atoms with Crippen LogP contribution in [0, 0.1) is 5.82 Å². The molecule has 1 aliphatic rings. The van der Waals surface area contributed by atoms with Crippen molar-refractivity contribution in [2.24, 2.45) is 0 Å². The summed E-state index contributed by atoms with van der Waals surface area (Å²) in [6.45, 7) is 4.70. The van der Waals surface area contributed by atoms with E-state index in [1.807, 2.05) is 0 Å². The average Bonchev–Trinajstić information content (AvgIpc) is 2.51. The third-order valence-corrected chi connectivity index (χ3v) is 3.08. The highest BCUT2D eigenvalue weighted by Gasteiger charge is 2.11. The summed E-state index contributed by atoms with van der Waals surface area (Å²) < 4.78 is 13.6. The SMILES string of the molecule is Cl.Fc1cc(Cl)ccc1CN1CCCNCC1. The molecule has 0 unspecified atom stereocenters. The zero-order valence-corrected chi connectivity index (χ0v) is 11.2. The maximum Gasteiger partial charge on any atom is 0.129 e. The number of nitrogens with one attached hydrogen (secondary N) is 1. The van der Waals surface area contributed by atoms with E-state index >= 15 is 0 Å². The Balaban J connectivity index is 0.00000144. The van der Waals surface area contributed by atoms with E-state index in [-0.39, 0.29) is 18.2 Å². The normalized spacial score (nSPS) is 17.3. The van der Waals surface area contributed by atoms with Crippen molar-refractivity contribution in [1.29, 1.82) is 0 Å². The summed E-state index contributed by atoms with van der Waals surface area (Å²) in [7, 11) is 0. The molecule has 0 radical (unpaired) electrons. The molecule has 0 atom stereocenters. The van der Waals surface area contributed by atoms with Crippen molar-refractivity contribution in [1.82, 2.24) is 10.2 Å². The summed E-state index contributed by atoms with van der Waals surface area (Å²) in [5.41, 5.74) is 0.728. The maximum absolute atomic E-state index is 13.6. The van der Waals surface area contributed by atoms with Gasteiger partial charge < -0.3 is 5.32 Å². The molecule has 1 N–H and O–H groups in total. The number of halogens is 3. The Morgan fingerprint density at radius 1 is 1.29 bits per heavy atom. The van der Waals surface area contributed by atoms with Crippen LogP contribution in [0.15, 0.2) is 18.2 Å². The fourth-order valence-corrected chi connectivity index (χ4v) is 2.11. The molecule has 96 valence electrons. The molecule has 0 bridgehead atoms. The summed E-state index contributed by atoms with van der Waals surface area (Å²) >= 11 is 5.72. The number of hydrogen-bond acceptors (Lipinski definition) is 2. The van der Waals surface area contributed by atoms with Gasteiger partial charge in [-0.3, -0.25) is 4.90 Å². The van der Waals surface area contributed by atoms with E-state index in [0.717, 1.165) is 38.2 Å². The molecule has 0 spiro atoms. The third kappa shape index (κ3) is 4.43. The molecule has 1 saturated heterocycles. The first-order valence-corrected chi connectivity index (χ1v) is 6.00. The second-order valence-corrected chi connectivity index (χ2v) is 4.55. The van der Waals surface area contributed by atoms with Crippen molar-refractivity contribution in [2.45, 2.75) is 13.0 Å². The maximum atomic E-state index is 13.6. The molecule has 1 aliphatic heterocycles. The van der Waals surface area contributed by atoms with Gasteiger partial charge in [-0.15, -0.1) is 12.4 Å². The summed E-state index contributed by atoms with van der Waals surface area (Å²) in [4.78, 5) is 2.27. The molecule has 1 heterocycles. The Hall–Kier alpha value is -0.350. The first kappa shape index (κ1) is 14.7. The van der Waals surface area contributed by atoms with Crippen molar-refractivity contribution in [3.8, 4) is 0 Å². The van der Waals surface area contributed by atoms with E-state index < -0.39 is 0 Å². The topological polar surface area (TPSA) is 15.3 Å². The molecule has 0 aromatic heterocycles. The van der Waals surface area contributed by atoms with E-state index in [1.54, 1.807) is 12.1 Å². The van der Waals surface area contributed by atoms with Crippen LogP contribution in [0.4, 0.5) is 4.39 Å². The first-order chi connectivity index (χ1) is 7.75. The second kappa shape index (κ2) is 7.17. The van der Waals surface area contributed by atoms with Crippen LogP contribution in [0.1, 0.15) is 12.0 Å². The average molecular weight is 279 g/mol. The van der Waals surface area contributed by atoms with E-state index in [1.165, 1.54) is 6.07 Å². The Labute approximate surface area is 113 Å². The van der Waals surface area contributed by atoms with Crippen LogP contribution < -0.4 is 5.32 Å². The van der Waals surface area contributed by atoms with Gasteiger partial charge in [0.05, 0.1) is 0 Å². The lowest BCUT2D eigenvalue weighted by Gasteiger charge is -2.19. The molecule has 5 heteroatoms. The number of rotatable bonds is 2. The van der Waals surface area contributed by atoms with Gasteiger partial charge >= 0.3 is 0 Å². The lowest BCUT2D eigenvalue weighted by atomic mass is 10.2. The molecular formula is C12H17Cl2FN2. The van der Waals surface area contributed by atoms with Crippen LogP contribution >= 0.6 is 24.0 Å². The van der Waals surface area contributed by atoms with Crippen LogP contribution in [0.3, 0.4) is 0 Å². The van der Waals surface area contributed by atoms with Gasteiger partial charge in [0.1, 0.15) is 5.82 Å². The smallest absolute Gasteiger partial charge is 0.129 e. The molecule has 1 fully saturated rings. The highest BCUT2D eigenvalue weighted by molar-refractivity contribution is 6.30. The van der Waals surface area contributed by atoms with Crippen molar-refractivity contribution in [2.75, 3.05) is 26.2 Å². The zero-order valence-electron chi connectivity index (χ0n) is 9.59. The van der Waals surface area contributed by atoms with E-state index in [2.05, 4.69) is 10.2 Å². The van der Waals surface area contributed by atoms with E-state index in [0.29, 0.717) is 11.6 Å². The molecule has 2 nitrogen and oxygen atoms in total. The lowest BCUT2D eigenvalue weighted by molar-refractivity contribution is 0.280. The van der Waals surface area contributed by atoms with Crippen LogP contribution in [0.5, 0.6) is 0 Å². The highest BCUT2D eigenvalue weighted by Crippen LogP contribution is 2.16. The Morgan fingerprint density at radius 2 is 2.12 bits per heavy atom. The van der Waals surface area contributed by atoms with Gasteiger partial charge in [-0.2, -0.15) is 0 Å². The number of benzene rings is 1. The Morgan fingerprint density at radius 3 is 2.88 bits per heavy atom. The van der Waals surface area contributed by atoms with E-state index in [4.69, 9.17) is 11.6 Å². The summed E-state index contributed by atoms with van der Waals surface area (Å²) in [5, 5.41) is 3.79. The molecule has 1 aromatic rings. The monoisotopic (exact) mass is 278 g/mol. The van der Waals surface area contributed by atoms with Crippen LogP contribution in [-0.4, -0.2) is 31.1 Å². The number of nitrogens with zero attached hydrogens (tertiary/aromatic N) is 1. The van der Waals surface area contributed by atoms with Gasteiger partial charge in [0.15, 0.2) is 0 Å². The Kier molecular flexibility index (Phi) is 6.20. The fourth-order valence-electron chi connectivity index (χ4n) is 1.95. The molecule has 1 aromatic carbocycles. The molecule has 0 saturated carbocycles. The van der Waals surface area contributed by atoms with Crippen LogP contribution in [0.2, 0.25) is 5.02 Å². The summed E-state index contributed by atoms with van der Waals surface area (Å²) in [6, 6.07) is 4.90. The quantitative estimate of drug-likeness (QED) is 0.895. The van der Waals surface area contributed by atoms with Gasteiger partial charge in [-0.05, 0) is 31.6 Å². The molecule has 17 heavy (non-hydrogen) atoms. The lowest BCUT2D eigenvalue weighted by Crippen LogP contribution is -2.28. The van der Waals surface area contributed by atoms with Gasteiger partial charge in [0.25, 0.3) is 0 Å². The fraction of sp³-hybridized carbons (Fsp3) is 0.500. The predicted molar refractivity (Wildman–Crippen MR) is 71.4 cm³/mol. The summed E-state index contributed by atoms with van der Waals surface area (Å²) in [5.74, 6) is -0.204.